The highest BCUT2D eigenvalue weighted by Gasteiger charge is 2.29. The van der Waals surface area contributed by atoms with Crippen molar-refractivity contribution in [3.63, 3.8) is 0 Å². The lowest BCUT2D eigenvalue weighted by atomic mass is 10.1. The molecule has 1 unspecified atom stereocenters. The van der Waals surface area contributed by atoms with Crippen LogP contribution in [0.2, 0.25) is 0 Å². The Morgan fingerprint density at radius 2 is 2.11 bits per heavy atom. The molecule has 1 aromatic carbocycles. The van der Waals surface area contributed by atoms with E-state index in [-0.39, 0.29) is 23.8 Å². The summed E-state index contributed by atoms with van der Waals surface area (Å²) in [6.07, 6.45) is 2.84. The van der Waals surface area contributed by atoms with Gasteiger partial charge in [-0.3, -0.25) is 9.59 Å². The molecule has 1 aliphatic rings. The van der Waals surface area contributed by atoms with E-state index in [4.69, 9.17) is 0 Å². The van der Waals surface area contributed by atoms with E-state index in [1.807, 2.05) is 13.8 Å². The summed E-state index contributed by atoms with van der Waals surface area (Å²) in [5.74, 6) is 0.119. The average Bonchev–Trinajstić information content (AvgIpc) is 3.23. The van der Waals surface area contributed by atoms with E-state index in [1.54, 1.807) is 24.3 Å². The summed E-state index contributed by atoms with van der Waals surface area (Å²) in [7, 11) is 0. The van der Waals surface area contributed by atoms with Gasteiger partial charge in [0.2, 0.25) is 5.91 Å². The number of hydrogen-bond donors (Lipinski definition) is 2. The molecular weight excluding hydrogens is 240 g/mol. The maximum atomic E-state index is 12.0. The van der Waals surface area contributed by atoms with Crippen molar-refractivity contribution >= 4 is 17.5 Å². The van der Waals surface area contributed by atoms with Crippen LogP contribution in [0.15, 0.2) is 24.3 Å². The molecule has 0 spiro atoms. The van der Waals surface area contributed by atoms with Crippen LogP contribution in [0.25, 0.3) is 0 Å². The molecule has 2 N–H and O–H groups in total. The summed E-state index contributed by atoms with van der Waals surface area (Å²) in [6.45, 7) is 3.99. The molecule has 4 heteroatoms. The van der Waals surface area contributed by atoms with E-state index in [0.717, 1.165) is 19.3 Å². The van der Waals surface area contributed by atoms with Crippen molar-refractivity contribution in [2.75, 3.05) is 5.32 Å². The predicted molar refractivity (Wildman–Crippen MR) is 75.0 cm³/mol. The Bertz CT molecular complexity index is 481. The van der Waals surface area contributed by atoms with Crippen molar-refractivity contribution in [1.29, 1.82) is 0 Å². The second-order valence-electron chi connectivity index (χ2n) is 5.13. The molecule has 1 aliphatic carbocycles. The van der Waals surface area contributed by atoms with Gasteiger partial charge in [-0.15, -0.1) is 0 Å². The fraction of sp³-hybridized carbons (Fsp3) is 0.467. The zero-order valence-corrected chi connectivity index (χ0v) is 11.4. The van der Waals surface area contributed by atoms with E-state index >= 15 is 0 Å². The van der Waals surface area contributed by atoms with Gasteiger partial charge >= 0.3 is 0 Å². The Hall–Kier alpha value is -1.84. The minimum absolute atomic E-state index is 0.0551. The normalized spacial score (nSPS) is 15.7. The number of amides is 2. The van der Waals surface area contributed by atoms with Crippen LogP contribution in [0.1, 0.15) is 43.5 Å². The van der Waals surface area contributed by atoms with Gasteiger partial charge < -0.3 is 10.6 Å². The van der Waals surface area contributed by atoms with E-state index in [2.05, 4.69) is 10.6 Å². The molecule has 0 saturated heterocycles. The molecule has 1 saturated carbocycles. The third-order valence-corrected chi connectivity index (χ3v) is 3.33. The Labute approximate surface area is 113 Å². The molecule has 19 heavy (non-hydrogen) atoms. The van der Waals surface area contributed by atoms with Crippen molar-refractivity contribution in [2.24, 2.45) is 5.92 Å². The van der Waals surface area contributed by atoms with Crippen molar-refractivity contribution in [2.45, 2.75) is 39.2 Å². The predicted octanol–water partition coefficient (Wildman–Crippen LogP) is 2.56. The molecular formula is C15H20N2O2. The third-order valence-electron chi connectivity index (χ3n) is 3.33. The van der Waals surface area contributed by atoms with E-state index < -0.39 is 0 Å². The third kappa shape index (κ3) is 3.81. The van der Waals surface area contributed by atoms with Crippen LogP contribution in [-0.2, 0) is 4.79 Å². The van der Waals surface area contributed by atoms with Crippen molar-refractivity contribution in [1.82, 2.24) is 5.32 Å². The Morgan fingerprint density at radius 3 is 2.74 bits per heavy atom. The lowest BCUT2D eigenvalue weighted by Gasteiger charge is -2.12. The fourth-order valence-corrected chi connectivity index (χ4v) is 1.74. The molecule has 102 valence electrons. The second-order valence-corrected chi connectivity index (χ2v) is 5.13. The Balaban J connectivity index is 2.01. The SMILES string of the molecule is CCC(C)NC(=O)c1cccc(NC(=O)C2CC2)c1. The number of carbonyl (C=O) groups excluding carboxylic acids is 2. The summed E-state index contributed by atoms with van der Waals surface area (Å²) in [5, 5.41) is 5.76. The van der Waals surface area contributed by atoms with Crippen LogP contribution in [0.4, 0.5) is 5.69 Å². The van der Waals surface area contributed by atoms with Gasteiger partial charge in [0.15, 0.2) is 0 Å². The molecule has 2 rings (SSSR count). The lowest BCUT2D eigenvalue weighted by Crippen LogP contribution is -2.31. The van der Waals surface area contributed by atoms with Gasteiger partial charge in [-0.1, -0.05) is 13.0 Å². The van der Waals surface area contributed by atoms with Crippen molar-refractivity contribution in [3.05, 3.63) is 29.8 Å². The summed E-state index contributed by atoms with van der Waals surface area (Å²) in [4.78, 5) is 23.6. The van der Waals surface area contributed by atoms with E-state index in [0.29, 0.717) is 11.3 Å². The summed E-state index contributed by atoms with van der Waals surface area (Å²) < 4.78 is 0. The van der Waals surface area contributed by atoms with Crippen LogP contribution < -0.4 is 10.6 Å². The number of hydrogen-bond acceptors (Lipinski definition) is 2. The molecule has 1 atom stereocenters. The second kappa shape index (κ2) is 5.87. The van der Waals surface area contributed by atoms with Crippen LogP contribution >= 0.6 is 0 Å². The van der Waals surface area contributed by atoms with Gasteiger partial charge in [0.1, 0.15) is 0 Å². The van der Waals surface area contributed by atoms with Gasteiger partial charge in [0.25, 0.3) is 5.91 Å². The molecule has 4 nitrogen and oxygen atoms in total. The van der Waals surface area contributed by atoms with E-state index in [9.17, 15) is 9.59 Å². The van der Waals surface area contributed by atoms with Gasteiger partial charge in [-0.05, 0) is 44.4 Å². The van der Waals surface area contributed by atoms with Gasteiger partial charge in [-0.25, -0.2) is 0 Å². The highest BCUT2D eigenvalue weighted by molar-refractivity contribution is 5.98. The number of nitrogens with one attached hydrogen (secondary N) is 2. The van der Waals surface area contributed by atoms with Gasteiger partial charge in [0.05, 0.1) is 0 Å². The summed E-state index contributed by atoms with van der Waals surface area (Å²) >= 11 is 0. The monoisotopic (exact) mass is 260 g/mol. The van der Waals surface area contributed by atoms with Crippen LogP contribution in [-0.4, -0.2) is 17.9 Å². The standard InChI is InChI=1S/C15H20N2O2/c1-3-10(2)16-15(19)12-5-4-6-13(9-12)17-14(18)11-7-8-11/h4-6,9-11H,3,7-8H2,1-2H3,(H,16,19)(H,17,18). The molecule has 0 aliphatic heterocycles. The molecule has 0 heterocycles. The highest BCUT2D eigenvalue weighted by Crippen LogP contribution is 2.30. The maximum Gasteiger partial charge on any atom is 0.251 e. The highest BCUT2D eigenvalue weighted by atomic mass is 16.2. The first kappa shape index (κ1) is 13.6. The van der Waals surface area contributed by atoms with Crippen molar-refractivity contribution < 1.29 is 9.59 Å². The maximum absolute atomic E-state index is 12.0. The topological polar surface area (TPSA) is 58.2 Å². The minimum Gasteiger partial charge on any atom is -0.350 e. The number of rotatable bonds is 5. The first-order valence-electron chi connectivity index (χ1n) is 6.82. The molecule has 1 fully saturated rings. The summed E-state index contributed by atoms with van der Waals surface area (Å²) in [5.41, 5.74) is 1.27. The Morgan fingerprint density at radius 1 is 1.37 bits per heavy atom. The van der Waals surface area contributed by atoms with E-state index in [1.165, 1.54) is 0 Å². The summed E-state index contributed by atoms with van der Waals surface area (Å²) in [6, 6.07) is 7.22. The molecule has 0 aromatic heterocycles. The largest absolute Gasteiger partial charge is 0.350 e. The quantitative estimate of drug-likeness (QED) is 0.854. The molecule has 0 radical (unpaired) electrons. The number of carbonyl (C=O) groups is 2. The zero-order valence-electron chi connectivity index (χ0n) is 11.4. The number of anilines is 1. The lowest BCUT2D eigenvalue weighted by molar-refractivity contribution is -0.117. The molecule has 0 bridgehead atoms. The number of benzene rings is 1. The molecule has 1 aromatic rings. The zero-order chi connectivity index (χ0) is 13.8. The average molecular weight is 260 g/mol. The minimum atomic E-state index is -0.100. The fourth-order valence-electron chi connectivity index (χ4n) is 1.74. The van der Waals surface area contributed by atoms with Crippen LogP contribution in [0.3, 0.4) is 0 Å². The first-order valence-corrected chi connectivity index (χ1v) is 6.82. The first-order chi connectivity index (χ1) is 9.10. The molecule has 2 amide bonds. The van der Waals surface area contributed by atoms with Crippen molar-refractivity contribution in [3.8, 4) is 0 Å². The smallest absolute Gasteiger partial charge is 0.251 e. The Kier molecular flexibility index (Phi) is 4.20. The van der Waals surface area contributed by atoms with Crippen LogP contribution in [0, 0.1) is 5.92 Å². The van der Waals surface area contributed by atoms with Gasteiger partial charge in [0, 0.05) is 23.2 Å². The van der Waals surface area contributed by atoms with Crippen LogP contribution in [0.5, 0.6) is 0 Å². The van der Waals surface area contributed by atoms with Gasteiger partial charge in [-0.2, -0.15) is 0 Å².